The number of methoxy groups -OCH3 is 3. The van der Waals surface area contributed by atoms with Crippen molar-refractivity contribution in [1.29, 1.82) is 5.26 Å². The molecule has 1 heterocycles. The van der Waals surface area contributed by atoms with Crippen molar-refractivity contribution in [3.05, 3.63) is 52.8 Å². The van der Waals surface area contributed by atoms with Gasteiger partial charge in [0.15, 0.2) is 0 Å². The summed E-state index contributed by atoms with van der Waals surface area (Å²) in [6.07, 6.45) is 1.69. The minimum atomic E-state index is -0.168. The Balaban J connectivity index is 2.36. The summed E-state index contributed by atoms with van der Waals surface area (Å²) in [5.74, 6) is 1.67. The summed E-state index contributed by atoms with van der Waals surface area (Å²) < 4.78 is 17.6. The normalized spacial score (nSPS) is 10.4. The molecule has 0 atom stereocenters. The molecule has 6 nitrogen and oxygen atoms in total. The van der Waals surface area contributed by atoms with Crippen molar-refractivity contribution in [1.82, 2.24) is 4.57 Å². The molecule has 3 aromatic rings. The second kappa shape index (κ2) is 7.19. The Morgan fingerprint density at radius 3 is 2.27 bits per heavy atom. The van der Waals surface area contributed by atoms with Crippen LogP contribution in [0.4, 0.5) is 0 Å². The molecule has 0 N–H and O–H groups in total. The van der Waals surface area contributed by atoms with Gasteiger partial charge in [0, 0.05) is 23.9 Å². The zero-order valence-electron chi connectivity index (χ0n) is 14.8. The van der Waals surface area contributed by atoms with Crippen LogP contribution in [0.5, 0.6) is 17.2 Å². The van der Waals surface area contributed by atoms with Gasteiger partial charge in [0.25, 0.3) is 0 Å². The van der Waals surface area contributed by atoms with Crippen molar-refractivity contribution in [2.75, 3.05) is 21.3 Å². The molecule has 0 fully saturated rings. The maximum absolute atomic E-state index is 13.2. The van der Waals surface area contributed by atoms with Crippen molar-refractivity contribution in [3.8, 4) is 34.4 Å². The first-order valence-electron chi connectivity index (χ1n) is 7.93. The van der Waals surface area contributed by atoms with Gasteiger partial charge >= 0.3 is 0 Å². The van der Waals surface area contributed by atoms with Crippen LogP contribution in [0.15, 0.2) is 47.4 Å². The maximum atomic E-state index is 13.2. The van der Waals surface area contributed by atoms with Crippen LogP contribution >= 0.6 is 0 Å². The first-order valence-corrected chi connectivity index (χ1v) is 7.93. The molecular weight excluding hydrogens is 332 g/mol. The van der Waals surface area contributed by atoms with Gasteiger partial charge in [0.2, 0.25) is 5.43 Å². The topological polar surface area (TPSA) is 73.5 Å². The lowest BCUT2D eigenvalue weighted by molar-refractivity contribution is 0.397. The van der Waals surface area contributed by atoms with E-state index >= 15 is 0 Å². The van der Waals surface area contributed by atoms with Gasteiger partial charge in [-0.25, -0.2) is 0 Å². The van der Waals surface area contributed by atoms with E-state index in [0.717, 1.165) is 5.56 Å². The molecule has 0 unspecified atom stereocenters. The van der Waals surface area contributed by atoms with E-state index in [9.17, 15) is 10.1 Å². The number of rotatable bonds is 5. The summed E-state index contributed by atoms with van der Waals surface area (Å²) in [6.45, 7) is 0.0935. The highest BCUT2D eigenvalue weighted by Gasteiger charge is 2.16. The number of nitriles is 1. The Bertz CT molecular complexity index is 1050. The van der Waals surface area contributed by atoms with Gasteiger partial charge in [-0.15, -0.1) is 0 Å². The fourth-order valence-corrected chi connectivity index (χ4v) is 2.91. The largest absolute Gasteiger partial charge is 0.497 e. The lowest BCUT2D eigenvalue weighted by Gasteiger charge is -2.15. The van der Waals surface area contributed by atoms with E-state index in [-0.39, 0.29) is 12.0 Å². The number of hydrogen-bond acceptors (Lipinski definition) is 5. The molecule has 0 saturated heterocycles. The third-order valence-electron chi connectivity index (χ3n) is 4.22. The highest BCUT2D eigenvalue weighted by Crippen LogP contribution is 2.31. The van der Waals surface area contributed by atoms with Gasteiger partial charge in [-0.3, -0.25) is 4.79 Å². The predicted molar refractivity (Wildman–Crippen MR) is 98.9 cm³/mol. The molecular formula is C20H18N2O4. The predicted octanol–water partition coefficient (Wildman–Crippen LogP) is 3.22. The lowest BCUT2D eigenvalue weighted by atomic mass is 10.0. The molecule has 0 aliphatic carbocycles. The van der Waals surface area contributed by atoms with E-state index in [0.29, 0.717) is 33.7 Å². The van der Waals surface area contributed by atoms with Crippen LogP contribution in [0.1, 0.15) is 0 Å². The average Bonchev–Trinajstić information content (AvgIpc) is 2.69. The Labute approximate surface area is 150 Å². The third kappa shape index (κ3) is 2.95. The second-order valence-electron chi connectivity index (χ2n) is 5.61. The van der Waals surface area contributed by atoms with Crippen LogP contribution in [-0.2, 0) is 6.54 Å². The third-order valence-corrected chi connectivity index (χ3v) is 4.22. The maximum Gasteiger partial charge on any atom is 0.200 e. The van der Waals surface area contributed by atoms with Gasteiger partial charge in [-0.2, -0.15) is 5.26 Å². The standard InChI is InChI=1S/C20H18N2O4/c1-24-14-6-4-13(5-7-14)16-12-22(9-8-21)17-10-15(25-2)11-18(26-3)19(17)20(16)23/h4-7,10-12H,9H2,1-3H3. The molecule has 3 rings (SSSR count). The van der Waals surface area contributed by atoms with Crippen LogP contribution in [0, 0.1) is 11.3 Å². The number of ether oxygens (including phenoxy) is 3. The molecule has 132 valence electrons. The monoisotopic (exact) mass is 350 g/mol. The van der Waals surface area contributed by atoms with E-state index < -0.39 is 0 Å². The highest BCUT2D eigenvalue weighted by atomic mass is 16.5. The minimum Gasteiger partial charge on any atom is -0.497 e. The Kier molecular flexibility index (Phi) is 4.81. The SMILES string of the molecule is COc1ccc(-c2cn(CC#N)c3cc(OC)cc(OC)c3c2=O)cc1. The molecule has 1 aromatic heterocycles. The van der Waals surface area contributed by atoms with E-state index in [1.54, 1.807) is 49.2 Å². The zero-order chi connectivity index (χ0) is 18.7. The second-order valence-corrected chi connectivity index (χ2v) is 5.61. The van der Waals surface area contributed by atoms with Crippen LogP contribution in [-0.4, -0.2) is 25.9 Å². The van der Waals surface area contributed by atoms with E-state index in [1.807, 2.05) is 12.1 Å². The number of benzene rings is 2. The molecule has 0 amide bonds. The summed E-state index contributed by atoms with van der Waals surface area (Å²) in [5, 5.41) is 9.62. The van der Waals surface area contributed by atoms with Crippen LogP contribution in [0.3, 0.4) is 0 Å². The molecule has 26 heavy (non-hydrogen) atoms. The van der Waals surface area contributed by atoms with Crippen molar-refractivity contribution in [3.63, 3.8) is 0 Å². The van der Waals surface area contributed by atoms with Gasteiger partial charge in [0.1, 0.15) is 23.8 Å². The highest BCUT2D eigenvalue weighted by molar-refractivity contribution is 5.90. The summed E-state index contributed by atoms with van der Waals surface area (Å²) in [5.41, 5.74) is 1.64. The average molecular weight is 350 g/mol. The quantitative estimate of drug-likeness (QED) is 0.706. The van der Waals surface area contributed by atoms with E-state index in [1.165, 1.54) is 7.11 Å². The number of aromatic nitrogens is 1. The van der Waals surface area contributed by atoms with Crippen LogP contribution in [0.25, 0.3) is 22.0 Å². The summed E-state index contributed by atoms with van der Waals surface area (Å²) in [4.78, 5) is 13.2. The van der Waals surface area contributed by atoms with Crippen molar-refractivity contribution in [2.45, 2.75) is 6.54 Å². The Hall–Kier alpha value is -3.46. The van der Waals surface area contributed by atoms with Crippen molar-refractivity contribution in [2.24, 2.45) is 0 Å². The van der Waals surface area contributed by atoms with Gasteiger partial charge < -0.3 is 18.8 Å². The number of hydrogen-bond donors (Lipinski definition) is 0. The zero-order valence-corrected chi connectivity index (χ0v) is 14.8. The Morgan fingerprint density at radius 2 is 1.69 bits per heavy atom. The van der Waals surface area contributed by atoms with Gasteiger partial charge in [-0.05, 0) is 17.7 Å². The molecule has 0 bridgehead atoms. The van der Waals surface area contributed by atoms with E-state index in [4.69, 9.17) is 14.2 Å². The molecule has 0 spiro atoms. The smallest absolute Gasteiger partial charge is 0.200 e. The first kappa shape index (κ1) is 17.4. The first-order chi connectivity index (χ1) is 12.6. The molecule has 2 aromatic carbocycles. The number of fused-ring (bicyclic) bond motifs is 1. The van der Waals surface area contributed by atoms with Crippen molar-refractivity contribution < 1.29 is 14.2 Å². The fraction of sp³-hybridized carbons (Fsp3) is 0.200. The number of nitrogens with zero attached hydrogens (tertiary/aromatic N) is 2. The Morgan fingerprint density at radius 1 is 1.00 bits per heavy atom. The fourth-order valence-electron chi connectivity index (χ4n) is 2.91. The van der Waals surface area contributed by atoms with Gasteiger partial charge in [0.05, 0.1) is 38.3 Å². The number of pyridine rings is 1. The molecule has 0 aliphatic heterocycles. The summed E-state index contributed by atoms with van der Waals surface area (Å²) in [6, 6.07) is 12.7. The summed E-state index contributed by atoms with van der Waals surface area (Å²) >= 11 is 0. The van der Waals surface area contributed by atoms with Crippen LogP contribution < -0.4 is 19.6 Å². The van der Waals surface area contributed by atoms with Gasteiger partial charge in [-0.1, -0.05) is 12.1 Å². The molecule has 0 aliphatic rings. The van der Waals surface area contributed by atoms with Crippen LogP contribution in [0.2, 0.25) is 0 Å². The molecule has 6 heteroatoms. The van der Waals surface area contributed by atoms with E-state index in [2.05, 4.69) is 6.07 Å². The van der Waals surface area contributed by atoms with Crippen molar-refractivity contribution >= 4 is 10.9 Å². The molecule has 0 radical (unpaired) electrons. The minimum absolute atomic E-state index is 0.0935. The molecule has 0 saturated carbocycles. The lowest BCUT2D eigenvalue weighted by Crippen LogP contribution is -2.13. The summed E-state index contributed by atoms with van der Waals surface area (Å²) in [7, 11) is 4.63.